The van der Waals surface area contributed by atoms with Crippen molar-refractivity contribution in [2.75, 3.05) is 18.4 Å². The fourth-order valence-electron chi connectivity index (χ4n) is 4.12. The number of benzene rings is 1. The van der Waals surface area contributed by atoms with Crippen LogP contribution in [-0.4, -0.2) is 39.0 Å². The molecule has 29 heavy (non-hydrogen) atoms. The third kappa shape index (κ3) is 5.13. The minimum atomic E-state index is -1.70. The maximum Gasteiger partial charge on any atom is 0.250 e. The van der Waals surface area contributed by atoms with Crippen LogP contribution in [0.1, 0.15) is 50.1 Å². The summed E-state index contributed by atoms with van der Waals surface area (Å²) in [5.41, 5.74) is 3.53. The zero-order valence-corrected chi connectivity index (χ0v) is 19.0. The summed E-state index contributed by atoms with van der Waals surface area (Å²) in [5, 5.41) is 3.39. The summed E-state index contributed by atoms with van der Waals surface area (Å²) in [7, 11) is 0. The van der Waals surface area contributed by atoms with Crippen LogP contribution in [-0.2, 0) is 16.8 Å². The van der Waals surface area contributed by atoms with Gasteiger partial charge in [-0.2, -0.15) is 9.97 Å². The topological polar surface area (TPSA) is 53.9 Å². The first-order valence-electron chi connectivity index (χ1n) is 10.2. The van der Waals surface area contributed by atoms with Gasteiger partial charge in [0.05, 0.1) is 0 Å². The van der Waals surface area contributed by atoms with Crippen LogP contribution < -0.4 is 5.32 Å². The van der Waals surface area contributed by atoms with E-state index in [1.807, 2.05) is 0 Å². The largest absolute Gasteiger partial charge is 0.354 e. The zero-order chi connectivity index (χ0) is 20.6. The van der Waals surface area contributed by atoms with E-state index in [-0.39, 0.29) is 5.82 Å². The number of fused-ring (bicyclic) bond motifs is 8. The number of nitrogens with one attached hydrogen (secondary N) is 1. The highest BCUT2D eigenvalue weighted by Crippen LogP contribution is 2.37. The van der Waals surface area contributed by atoms with Gasteiger partial charge in [0.25, 0.3) is 0 Å². The Labute approximate surface area is 187 Å². The lowest BCUT2D eigenvalue weighted by Crippen LogP contribution is -2.33. The Hall–Kier alpha value is -1.14. The lowest BCUT2D eigenvalue weighted by atomic mass is 9.95. The summed E-state index contributed by atoms with van der Waals surface area (Å²) in [6.07, 6.45) is 4.50. The Morgan fingerprint density at radius 2 is 1.86 bits per heavy atom. The second-order valence-corrected chi connectivity index (χ2v) is 10.6. The molecular weight excluding hydrogens is 429 g/mol. The second kappa shape index (κ2) is 8.54. The van der Waals surface area contributed by atoms with E-state index in [9.17, 15) is 0 Å². The van der Waals surface area contributed by atoms with Crippen LogP contribution in [0.3, 0.4) is 0 Å². The minimum absolute atomic E-state index is 0.147. The molecule has 5 nitrogen and oxygen atoms in total. The van der Waals surface area contributed by atoms with Crippen LogP contribution in [0.25, 0.3) is 11.4 Å². The van der Waals surface area contributed by atoms with Crippen LogP contribution >= 0.6 is 34.8 Å². The summed E-state index contributed by atoms with van der Waals surface area (Å²) < 4.78 is -1.70. The highest BCUT2D eigenvalue weighted by molar-refractivity contribution is 6.66. The molecule has 0 spiro atoms. The van der Waals surface area contributed by atoms with Gasteiger partial charge < -0.3 is 5.32 Å². The molecule has 0 saturated heterocycles. The van der Waals surface area contributed by atoms with Gasteiger partial charge in [0.15, 0.2) is 11.6 Å². The average molecular weight is 455 g/mol. The van der Waals surface area contributed by atoms with Gasteiger partial charge in [-0.15, -0.1) is 0 Å². The van der Waals surface area contributed by atoms with Gasteiger partial charge in [0.1, 0.15) is 0 Å². The third-order valence-corrected chi connectivity index (χ3v) is 6.27. The van der Waals surface area contributed by atoms with Crippen LogP contribution in [0.4, 0.5) is 5.95 Å². The average Bonchev–Trinajstić information content (AvgIpc) is 2.68. The highest BCUT2D eigenvalue weighted by atomic mass is 35.6. The summed E-state index contributed by atoms with van der Waals surface area (Å²) >= 11 is 18.3. The molecule has 0 saturated carbocycles. The van der Waals surface area contributed by atoms with E-state index >= 15 is 0 Å². The van der Waals surface area contributed by atoms with Crippen LogP contribution in [0.15, 0.2) is 18.2 Å². The standard InChI is InChI=1S/C21H26Cl3N5/c1-13(2)29-7-6-14-4-3-5-15-8-16(12-29)10-17(9-15)18-26-19(21(22,23)24)28-20(27-18)25-11-14/h8-10,13-14H,3-7,11-12H2,1-2H3,(H,25,26,27,28). The normalized spacial score (nSPS) is 20.4. The lowest BCUT2D eigenvalue weighted by Gasteiger charge is -2.28. The third-order valence-electron chi connectivity index (χ3n) is 5.77. The van der Waals surface area contributed by atoms with Crippen LogP contribution in [0.5, 0.6) is 0 Å². The lowest BCUT2D eigenvalue weighted by molar-refractivity contribution is 0.196. The summed E-state index contributed by atoms with van der Waals surface area (Å²) in [6.45, 7) is 7.30. The molecule has 3 heterocycles. The molecular formula is C21H26Cl3N5. The maximum atomic E-state index is 6.12. The van der Waals surface area contributed by atoms with E-state index < -0.39 is 3.79 Å². The maximum absolute atomic E-state index is 6.12. The monoisotopic (exact) mass is 453 g/mol. The van der Waals surface area contributed by atoms with Gasteiger partial charge in [0, 0.05) is 24.7 Å². The molecule has 156 valence electrons. The molecule has 1 aromatic heterocycles. The van der Waals surface area contributed by atoms with Crippen molar-refractivity contribution in [1.29, 1.82) is 0 Å². The molecule has 8 heteroatoms. The number of nitrogens with zero attached hydrogens (tertiary/aromatic N) is 4. The van der Waals surface area contributed by atoms with Crippen molar-refractivity contribution in [3.05, 3.63) is 35.2 Å². The van der Waals surface area contributed by atoms with Crippen LogP contribution in [0, 0.1) is 5.92 Å². The Morgan fingerprint density at radius 1 is 1.07 bits per heavy atom. The molecule has 6 bridgehead atoms. The smallest absolute Gasteiger partial charge is 0.250 e. The predicted octanol–water partition coefficient (Wildman–Crippen LogP) is 5.34. The van der Waals surface area contributed by atoms with Crippen molar-refractivity contribution in [1.82, 2.24) is 19.9 Å². The Balaban J connectivity index is 1.88. The molecule has 2 aromatic rings. The fraction of sp³-hybridized carbons (Fsp3) is 0.571. The molecule has 2 aliphatic rings. The van der Waals surface area contributed by atoms with Crippen molar-refractivity contribution < 1.29 is 0 Å². The Kier molecular flexibility index (Phi) is 6.22. The molecule has 1 N–H and O–H groups in total. The van der Waals surface area contributed by atoms with Gasteiger partial charge in [-0.3, -0.25) is 4.90 Å². The number of aryl methyl sites for hydroxylation is 1. The molecule has 1 aromatic carbocycles. The Morgan fingerprint density at radius 3 is 2.62 bits per heavy atom. The first kappa shape index (κ1) is 21.1. The van der Waals surface area contributed by atoms with E-state index in [0.29, 0.717) is 23.7 Å². The van der Waals surface area contributed by atoms with Crippen molar-refractivity contribution >= 4 is 40.8 Å². The molecule has 1 atom stereocenters. The molecule has 0 fully saturated rings. The molecule has 2 aliphatic heterocycles. The number of hydrogen-bond acceptors (Lipinski definition) is 5. The summed E-state index contributed by atoms with van der Waals surface area (Å²) in [5.74, 6) is 1.69. The van der Waals surface area contributed by atoms with E-state index in [1.54, 1.807) is 0 Å². The fourth-order valence-corrected chi connectivity index (χ4v) is 4.37. The molecule has 0 amide bonds. The van der Waals surface area contributed by atoms with E-state index in [1.165, 1.54) is 17.5 Å². The molecule has 0 radical (unpaired) electrons. The number of alkyl halides is 3. The zero-order valence-electron chi connectivity index (χ0n) is 16.8. The summed E-state index contributed by atoms with van der Waals surface area (Å²) in [6, 6.07) is 7.13. The van der Waals surface area contributed by atoms with Gasteiger partial charge in [-0.1, -0.05) is 40.9 Å². The van der Waals surface area contributed by atoms with Crippen molar-refractivity contribution in [2.24, 2.45) is 5.92 Å². The van der Waals surface area contributed by atoms with Gasteiger partial charge in [0.2, 0.25) is 9.74 Å². The van der Waals surface area contributed by atoms with Gasteiger partial charge in [-0.25, -0.2) is 4.98 Å². The van der Waals surface area contributed by atoms with Crippen molar-refractivity contribution in [3.8, 4) is 11.4 Å². The summed E-state index contributed by atoms with van der Waals surface area (Å²) in [4.78, 5) is 16.1. The SMILES string of the molecule is CC(C)N1CCC2CCCc3cc(cc(c3)-c3nc(nc(C(Cl)(Cl)Cl)n3)NC2)C1. The number of hydrogen-bond donors (Lipinski definition) is 1. The Bertz CT molecular complexity index is 881. The number of rotatable bonds is 1. The van der Waals surface area contributed by atoms with Gasteiger partial charge in [-0.05, 0) is 75.3 Å². The molecule has 1 unspecified atom stereocenters. The first-order chi connectivity index (χ1) is 13.8. The van der Waals surface area contributed by atoms with Crippen molar-refractivity contribution in [2.45, 2.75) is 55.9 Å². The van der Waals surface area contributed by atoms with Crippen molar-refractivity contribution in [3.63, 3.8) is 0 Å². The predicted molar refractivity (Wildman–Crippen MR) is 120 cm³/mol. The quantitative estimate of drug-likeness (QED) is 0.589. The number of halogens is 3. The second-order valence-electron chi connectivity index (χ2n) is 8.33. The first-order valence-corrected chi connectivity index (χ1v) is 11.4. The highest BCUT2D eigenvalue weighted by Gasteiger charge is 2.29. The molecule has 0 aliphatic carbocycles. The minimum Gasteiger partial charge on any atom is -0.354 e. The van der Waals surface area contributed by atoms with E-state index in [4.69, 9.17) is 34.8 Å². The van der Waals surface area contributed by atoms with Gasteiger partial charge >= 0.3 is 0 Å². The van der Waals surface area contributed by atoms with Crippen LogP contribution in [0.2, 0.25) is 0 Å². The van der Waals surface area contributed by atoms with E-state index in [0.717, 1.165) is 44.5 Å². The van der Waals surface area contributed by atoms with E-state index in [2.05, 4.69) is 57.2 Å². The number of aromatic nitrogens is 3. The number of anilines is 1. The molecule has 4 rings (SSSR count).